The van der Waals surface area contributed by atoms with Gasteiger partial charge in [-0.1, -0.05) is 29.3 Å². The molecule has 136 valence electrons. The van der Waals surface area contributed by atoms with E-state index in [0.717, 1.165) is 17.7 Å². The summed E-state index contributed by atoms with van der Waals surface area (Å²) in [5, 5.41) is 4.92. The smallest absolute Gasteiger partial charge is 0.263 e. The van der Waals surface area contributed by atoms with Crippen molar-refractivity contribution < 1.29 is 17.2 Å². The summed E-state index contributed by atoms with van der Waals surface area (Å²) in [5.74, 6) is -2.34. The van der Waals surface area contributed by atoms with Crippen LogP contribution in [0.25, 0.3) is 0 Å². The first-order chi connectivity index (χ1) is 12.2. The number of benzene rings is 2. The number of hydrogen-bond acceptors (Lipinski definition) is 3. The number of nitrogens with zero attached hydrogens (tertiary/aromatic N) is 2. The molecule has 3 aromatic rings. The Kier molecular flexibility index (Phi) is 5.17. The summed E-state index contributed by atoms with van der Waals surface area (Å²) in [7, 11) is -4.10. The van der Waals surface area contributed by atoms with Crippen molar-refractivity contribution in [1.82, 2.24) is 9.78 Å². The first kappa shape index (κ1) is 18.6. The minimum atomic E-state index is -4.10. The Morgan fingerprint density at radius 1 is 1.00 bits per heavy atom. The van der Waals surface area contributed by atoms with Crippen LogP contribution >= 0.6 is 23.2 Å². The fourth-order valence-corrected chi connectivity index (χ4v) is 3.50. The third kappa shape index (κ3) is 4.14. The van der Waals surface area contributed by atoms with Gasteiger partial charge in [-0.2, -0.15) is 5.10 Å². The summed E-state index contributed by atoms with van der Waals surface area (Å²) >= 11 is 11.8. The molecule has 1 heterocycles. The van der Waals surface area contributed by atoms with Crippen molar-refractivity contribution in [3.63, 3.8) is 0 Å². The van der Waals surface area contributed by atoms with Gasteiger partial charge in [0.1, 0.15) is 0 Å². The Morgan fingerprint density at radius 3 is 2.46 bits per heavy atom. The molecule has 0 aliphatic heterocycles. The van der Waals surface area contributed by atoms with Gasteiger partial charge in [0.15, 0.2) is 17.5 Å². The van der Waals surface area contributed by atoms with E-state index in [1.807, 2.05) is 0 Å². The Bertz CT molecular complexity index is 1070. The number of halogens is 4. The molecule has 0 aliphatic rings. The van der Waals surface area contributed by atoms with E-state index in [4.69, 9.17) is 23.2 Å². The van der Waals surface area contributed by atoms with Gasteiger partial charge in [0.2, 0.25) is 0 Å². The number of hydrogen-bond donors (Lipinski definition) is 1. The SMILES string of the molecule is O=S(=O)(Nc1ccn(Cc2ccc(Cl)c(Cl)c2)n1)c1ccc(F)c(F)c1. The van der Waals surface area contributed by atoms with Crippen LogP contribution < -0.4 is 4.72 Å². The molecule has 0 aliphatic carbocycles. The monoisotopic (exact) mass is 417 g/mol. The second-order valence-corrected chi connectivity index (χ2v) is 7.83. The van der Waals surface area contributed by atoms with Gasteiger partial charge in [-0.05, 0) is 35.9 Å². The molecule has 0 atom stereocenters. The molecule has 5 nitrogen and oxygen atoms in total. The molecular formula is C16H11Cl2F2N3O2S. The van der Waals surface area contributed by atoms with Crippen LogP contribution in [0.1, 0.15) is 5.56 Å². The standard InChI is InChI=1S/C16H11Cl2F2N3O2S/c17-12-3-1-10(7-13(12)18)9-23-6-5-16(21-23)22-26(24,25)11-2-4-14(19)15(20)8-11/h1-8H,9H2,(H,21,22). The van der Waals surface area contributed by atoms with E-state index in [9.17, 15) is 17.2 Å². The maximum Gasteiger partial charge on any atom is 0.263 e. The lowest BCUT2D eigenvalue weighted by Crippen LogP contribution is -2.14. The van der Waals surface area contributed by atoms with Crippen LogP contribution in [0.15, 0.2) is 53.6 Å². The van der Waals surface area contributed by atoms with Crippen molar-refractivity contribution in [2.75, 3.05) is 4.72 Å². The highest BCUT2D eigenvalue weighted by Gasteiger charge is 2.18. The number of aromatic nitrogens is 2. The molecule has 0 amide bonds. The zero-order valence-corrected chi connectivity index (χ0v) is 15.3. The molecular weight excluding hydrogens is 407 g/mol. The van der Waals surface area contributed by atoms with Crippen LogP contribution in [0.5, 0.6) is 0 Å². The maximum atomic E-state index is 13.2. The second kappa shape index (κ2) is 7.22. The minimum Gasteiger partial charge on any atom is -0.266 e. The van der Waals surface area contributed by atoms with E-state index in [1.165, 1.54) is 10.7 Å². The largest absolute Gasteiger partial charge is 0.266 e. The Hall–Kier alpha value is -2.16. The van der Waals surface area contributed by atoms with E-state index >= 15 is 0 Å². The van der Waals surface area contributed by atoms with Crippen LogP contribution in [0, 0.1) is 11.6 Å². The Morgan fingerprint density at radius 2 is 1.77 bits per heavy atom. The van der Waals surface area contributed by atoms with E-state index in [1.54, 1.807) is 24.4 Å². The molecule has 0 fully saturated rings. The number of rotatable bonds is 5. The molecule has 1 aromatic heterocycles. The lowest BCUT2D eigenvalue weighted by atomic mass is 10.2. The van der Waals surface area contributed by atoms with Crippen LogP contribution in [0.2, 0.25) is 10.0 Å². The summed E-state index contributed by atoms with van der Waals surface area (Å²) in [4.78, 5) is -0.407. The molecule has 26 heavy (non-hydrogen) atoms. The highest BCUT2D eigenvalue weighted by atomic mass is 35.5. The van der Waals surface area contributed by atoms with Gasteiger partial charge in [0.05, 0.1) is 21.5 Å². The summed E-state index contributed by atoms with van der Waals surface area (Å²) in [6, 6.07) is 8.84. The third-order valence-electron chi connectivity index (χ3n) is 3.41. The van der Waals surface area contributed by atoms with Crippen molar-refractivity contribution in [3.8, 4) is 0 Å². The first-order valence-electron chi connectivity index (χ1n) is 7.20. The topological polar surface area (TPSA) is 64.0 Å². The van der Waals surface area contributed by atoms with Gasteiger partial charge in [-0.15, -0.1) is 0 Å². The lowest BCUT2D eigenvalue weighted by molar-refractivity contribution is 0.504. The number of nitrogens with one attached hydrogen (secondary N) is 1. The zero-order valence-electron chi connectivity index (χ0n) is 13.0. The van der Waals surface area contributed by atoms with Crippen molar-refractivity contribution in [2.24, 2.45) is 0 Å². The highest BCUT2D eigenvalue weighted by molar-refractivity contribution is 7.92. The van der Waals surface area contributed by atoms with E-state index < -0.39 is 26.6 Å². The first-order valence-corrected chi connectivity index (χ1v) is 9.44. The second-order valence-electron chi connectivity index (χ2n) is 5.33. The van der Waals surface area contributed by atoms with Crippen molar-refractivity contribution in [2.45, 2.75) is 11.4 Å². The Balaban J connectivity index is 1.76. The molecule has 0 unspecified atom stereocenters. The van der Waals surface area contributed by atoms with Gasteiger partial charge < -0.3 is 0 Å². The fraction of sp³-hybridized carbons (Fsp3) is 0.0625. The molecule has 1 N–H and O–H groups in total. The molecule has 0 bridgehead atoms. The highest BCUT2D eigenvalue weighted by Crippen LogP contribution is 2.23. The molecule has 10 heteroatoms. The minimum absolute atomic E-state index is 0.0368. The van der Waals surface area contributed by atoms with Gasteiger partial charge in [-0.3, -0.25) is 9.40 Å². The summed E-state index contributed by atoms with van der Waals surface area (Å²) in [5.41, 5.74) is 0.817. The van der Waals surface area contributed by atoms with Crippen molar-refractivity contribution >= 4 is 39.0 Å². The fourth-order valence-electron chi connectivity index (χ4n) is 2.17. The molecule has 0 saturated heterocycles. The van der Waals surface area contributed by atoms with Crippen LogP contribution in [0.3, 0.4) is 0 Å². The molecule has 0 saturated carbocycles. The van der Waals surface area contributed by atoms with Gasteiger partial charge >= 0.3 is 0 Å². The van der Waals surface area contributed by atoms with Crippen molar-refractivity contribution in [3.05, 3.63) is 75.9 Å². The summed E-state index contributed by atoms with van der Waals surface area (Å²) in [6.45, 7) is 0.337. The third-order valence-corrected chi connectivity index (χ3v) is 5.50. The van der Waals surface area contributed by atoms with E-state index in [-0.39, 0.29) is 5.82 Å². The van der Waals surface area contributed by atoms with E-state index in [2.05, 4.69) is 9.82 Å². The average Bonchev–Trinajstić information content (AvgIpc) is 2.99. The average molecular weight is 418 g/mol. The van der Waals surface area contributed by atoms with E-state index in [0.29, 0.717) is 22.7 Å². The van der Waals surface area contributed by atoms with Crippen LogP contribution in [0.4, 0.5) is 14.6 Å². The molecule has 0 spiro atoms. The molecule has 0 radical (unpaired) electrons. The van der Waals surface area contributed by atoms with Crippen LogP contribution in [-0.4, -0.2) is 18.2 Å². The van der Waals surface area contributed by atoms with Gasteiger partial charge in [-0.25, -0.2) is 17.2 Å². The van der Waals surface area contributed by atoms with Gasteiger partial charge in [0, 0.05) is 12.3 Å². The molecule has 2 aromatic carbocycles. The molecule has 3 rings (SSSR count). The lowest BCUT2D eigenvalue weighted by Gasteiger charge is -2.06. The Labute approximate surface area is 158 Å². The van der Waals surface area contributed by atoms with Crippen molar-refractivity contribution in [1.29, 1.82) is 0 Å². The maximum absolute atomic E-state index is 13.2. The summed E-state index contributed by atoms with van der Waals surface area (Å²) in [6.07, 6.45) is 1.56. The number of sulfonamides is 1. The quantitative estimate of drug-likeness (QED) is 0.672. The predicted octanol–water partition coefficient (Wildman–Crippen LogP) is 4.32. The van der Waals surface area contributed by atoms with Crippen LogP contribution in [-0.2, 0) is 16.6 Å². The van der Waals surface area contributed by atoms with Gasteiger partial charge in [0.25, 0.3) is 10.0 Å². The number of anilines is 1. The predicted molar refractivity (Wildman–Crippen MR) is 95.0 cm³/mol. The zero-order chi connectivity index (χ0) is 18.9. The summed E-state index contributed by atoms with van der Waals surface area (Å²) < 4.78 is 54.4. The normalized spacial score (nSPS) is 11.5.